The van der Waals surface area contributed by atoms with Crippen molar-refractivity contribution in [3.8, 4) is 0 Å². The van der Waals surface area contributed by atoms with Gasteiger partial charge in [-0.25, -0.2) is 5.84 Å². The van der Waals surface area contributed by atoms with Gasteiger partial charge < -0.3 is 0 Å². The molecule has 1 unspecified atom stereocenters. The topological polar surface area (TPSA) is 58.4 Å². The molecular weight excluding hydrogens is 190 g/mol. The minimum Gasteiger partial charge on any atom is -0.293 e. The number of hydrogen-bond donors (Lipinski definition) is 2. The molecule has 0 saturated heterocycles. The van der Waals surface area contributed by atoms with Crippen LogP contribution in [0.15, 0.2) is 0 Å². The van der Waals surface area contributed by atoms with Gasteiger partial charge in [0.05, 0.1) is 6.04 Å². The van der Waals surface area contributed by atoms with Crippen molar-refractivity contribution in [1.29, 1.82) is 0 Å². The summed E-state index contributed by atoms with van der Waals surface area (Å²) in [6, 6.07) is 0.458. The van der Waals surface area contributed by atoms with Gasteiger partial charge in [-0.05, 0) is 26.3 Å². The predicted octanol–water partition coefficient (Wildman–Crippen LogP) is 1.02. The Morgan fingerprint density at radius 2 is 2.07 bits per heavy atom. The minimum absolute atomic E-state index is 0.0811. The highest BCUT2D eigenvalue weighted by molar-refractivity contribution is 5.80. The number of rotatable bonds is 4. The number of amides is 1. The fraction of sp³-hybridized carbons (Fsp3) is 0.909. The molecule has 1 aliphatic rings. The minimum atomic E-state index is -0.108. The van der Waals surface area contributed by atoms with Gasteiger partial charge in [-0.15, -0.1) is 0 Å². The molecule has 0 aromatic rings. The smallest absolute Gasteiger partial charge is 0.250 e. The molecule has 0 bridgehead atoms. The highest BCUT2D eigenvalue weighted by atomic mass is 16.2. The Labute approximate surface area is 92.2 Å². The van der Waals surface area contributed by atoms with Crippen molar-refractivity contribution in [2.24, 2.45) is 5.84 Å². The van der Waals surface area contributed by atoms with Crippen LogP contribution in [0.3, 0.4) is 0 Å². The Morgan fingerprint density at radius 3 is 2.53 bits per heavy atom. The van der Waals surface area contributed by atoms with Crippen molar-refractivity contribution < 1.29 is 4.79 Å². The zero-order valence-electron chi connectivity index (χ0n) is 9.83. The standard InChI is InChI=1S/C11H23N3O/c1-3-14(9(2)11(15)13-12)10-7-5-4-6-8-10/h9-10H,3-8,12H2,1-2H3,(H,13,15). The lowest BCUT2D eigenvalue weighted by Gasteiger charge is -2.36. The summed E-state index contributed by atoms with van der Waals surface area (Å²) in [5, 5.41) is 0. The number of carbonyl (C=O) groups excluding carboxylic acids is 1. The SMILES string of the molecule is CCN(C1CCCCC1)C(C)C(=O)NN. The van der Waals surface area contributed by atoms with Crippen LogP contribution in [0, 0.1) is 0 Å². The molecule has 1 saturated carbocycles. The number of carbonyl (C=O) groups is 1. The van der Waals surface area contributed by atoms with Crippen LogP contribution in [0.1, 0.15) is 46.0 Å². The lowest BCUT2D eigenvalue weighted by molar-refractivity contribution is -0.127. The van der Waals surface area contributed by atoms with E-state index in [1.165, 1.54) is 32.1 Å². The lowest BCUT2D eigenvalue weighted by Crippen LogP contribution is -2.51. The fourth-order valence-corrected chi connectivity index (χ4v) is 2.53. The second-order valence-electron chi connectivity index (χ2n) is 4.31. The highest BCUT2D eigenvalue weighted by Gasteiger charge is 2.27. The molecule has 1 rings (SSSR count). The molecule has 15 heavy (non-hydrogen) atoms. The van der Waals surface area contributed by atoms with Gasteiger partial charge >= 0.3 is 0 Å². The maximum atomic E-state index is 11.5. The van der Waals surface area contributed by atoms with Crippen LogP contribution < -0.4 is 11.3 Å². The summed E-state index contributed by atoms with van der Waals surface area (Å²) in [6.45, 7) is 4.95. The van der Waals surface area contributed by atoms with Gasteiger partial charge in [0.1, 0.15) is 0 Å². The summed E-state index contributed by atoms with van der Waals surface area (Å²) >= 11 is 0. The second-order valence-corrected chi connectivity index (χ2v) is 4.31. The van der Waals surface area contributed by atoms with Gasteiger partial charge in [-0.1, -0.05) is 26.2 Å². The molecule has 88 valence electrons. The predicted molar refractivity (Wildman–Crippen MR) is 61.0 cm³/mol. The zero-order valence-corrected chi connectivity index (χ0v) is 9.83. The van der Waals surface area contributed by atoms with Crippen molar-refractivity contribution in [3.05, 3.63) is 0 Å². The van der Waals surface area contributed by atoms with E-state index in [9.17, 15) is 4.79 Å². The van der Waals surface area contributed by atoms with E-state index in [1.54, 1.807) is 0 Å². The quantitative estimate of drug-likeness (QED) is 0.416. The average Bonchev–Trinajstić information content (AvgIpc) is 2.30. The molecule has 4 heteroatoms. The monoisotopic (exact) mass is 213 g/mol. The van der Waals surface area contributed by atoms with Gasteiger partial charge in [0.15, 0.2) is 0 Å². The Kier molecular flexibility index (Phi) is 5.05. The maximum Gasteiger partial charge on any atom is 0.250 e. The number of nitrogens with one attached hydrogen (secondary N) is 1. The van der Waals surface area contributed by atoms with E-state index in [2.05, 4.69) is 17.2 Å². The first-order valence-electron chi connectivity index (χ1n) is 5.97. The van der Waals surface area contributed by atoms with Gasteiger partial charge in [0.2, 0.25) is 0 Å². The second kappa shape index (κ2) is 6.08. The Hall–Kier alpha value is -0.610. The molecular formula is C11H23N3O. The molecule has 0 heterocycles. The van der Waals surface area contributed by atoms with Crippen LogP contribution in [0.4, 0.5) is 0 Å². The summed E-state index contributed by atoms with van der Waals surface area (Å²) in [7, 11) is 0. The highest BCUT2D eigenvalue weighted by Crippen LogP contribution is 2.23. The van der Waals surface area contributed by atoms with Gasteiger partial charge in [0.25, 0.3) is 5.91 Å². The summed E-state index contributed by atoms with van der Waals surface area (Å²) in [5.41, 5.74) is 2.24. The van der Waals surface area contributed by atoms with Crippen LogP contribution in [-0.4, -0.2) is 29.4 Å². The first-order valence-corrected chi connectivity index (χ1v) is 5.97. The number of hydrogen-bond acceptors (Lipinski definition) is 3. The van der Waals surface area contributed by atoms with Crippen molar-refractivity contribution in [1.82, 2.24) is 10.3 Å². The van der Waals surface area contributed by atoms with E-state index in [0.717, 1.165) is 6.54 Å². The van der Waals surface area contributed by atoms with Crippen molar-refractivity contribution >= 4 is 5.91 Å². The zero-order chi connectivity index (χ0) is 11.3. The van der Waals surface area contributed by atoms with Crippen molar-refractivity contribution in [2.45, 2.75) is 58.0 Å². The van der Waals surface area contributed by atoms with E-state index in [4.69, 9.17) is 5.84 Å². The largest absolute Gasteiger partial charge is 0.293 e. The summed E-state index contributed by atoms with van der Waals surface area (Å²) in [6.07, 6.45) is 6.36. The van der Waals surface area contributed by atoms with Crippen LogP contribution in [-0.2, 0) is 4.79 Å². The van der Waals surface area contributed by atoms with Gasteiger partial charge in [0, 0.05) is 6.04 Å². The number of nitrogens with two attached hydrogens (primary N) is 1. The Balaban J connectivity index is 2.56. The maximum absolute atomic E-state index is 11.5. The molecule has 0 aromatic heterocycles. The molecule has 0 spiro atoms. The van der Waals surface area contributed by atoms with Gasteiger partial charge in [-0.3, -0.25) is 15.1 Å². The normalized spacial score (nSPS) is 20.3. The molecule has 1 aliphatic carbocycles. The fourth-order valence-electron chi connectivity index (χ4n) is 2.53. The van der Waals surface area contributed by atoms with E-state index in [1.807, 2.05) is 6.92 Å². The molecule has 1 fully saturated rings. The van der Waals surface area contributed by atoms with Gasteiger partial charge in [-0.2, -0.15) is 0 Å². The van der Waals surface area contributed by atoms with Crippen LogP contribution in [0.25, 0.3) is 0 Å². The lowest BCUT2D eigenvalue weighted by atomic mass is 9.93. The molecule has 0 aliphatic heterocycles. The van der Waals surface area contributed by atoms with Crippen LogP contribution in [0.2, 0.25) is 0 Å². The van der Waals surface area contributed by atoms with Crippen LogP contribution in [0.5, 0.6) is 0 Å². The summed E-state index contributed by atoms with van der Waals surface area (Å²) in [5.74, 6) is 5.09. The number of likely N-dealkylation sites (N-methyl/N-ethyl adjacent to an activating group) is 1. The molecule has 1 amide bonds. The number of nitrogens with zero attached hydrogens (tertiary/aromatic N) is 1. The van der Waals surface area contributed by atoms with E-state index in [0.29, 0.717) is 6.04 Å². The summed E-state index contributed by atoms with van der Waals surface area (Å²) in [4.78, 5) is 13.7. The van der Waals surface area contributed by atoms with Crippen molar-refractivity contribution in [2.75, 3.05) is 6.54 Å². The number of hydrazine groups is 1. The Morgan fingerprint density at radius 1 is 1.47 bits per heavy atom. The Bertz CT molecular complexity index is 202. The third kappa shape index (κ3) is 3.18. The molecule has 3 N–H and O–H groups in total. The average molecular weight is 213 g/mol. The molecule has 4 nitrogen and oxygen atoms in total. The molecule has 0 radical (unpaired) electrons. The summed E-state index contributed by atoms with van der Waals surface area (Å²) < 4.78 is 0. The first kappa shape index (κ1) is 12.5. The van der Waals surface area contributed by atoms with E-state index < -0.39 is 0 Å². The van der Waals surface area contributed by atoms with E-state index in [-0.39, 0.29) is 11.9 Å². The van der Waals surface area contributed by atoms with Crippen LogP contribution >= 0.6 is 0 Å². The van der Waals surface area contributed by atoms with Crippen molar-refractivity contribution in [3.63, 3.8) is 0 Å². The first-order chi connectivity index (χ1) is 7.20. The molecule has 0 aromatic carbocycles. The molecule has 1 atom stereocenters. The van der Waals surface area contributed by atoms with E-state index >= 15 is 0 Å². The third-order valence-corrected chi connectivity index (χ3v) is 3.43. The third-order valence-electron chi connectivity index (χ3n) is 3.43.